The molecule has 1 heterocycles. The molecule has 2 N–H and O–H groups in total. The molecule has 0 saturated carbocycles. The molecule has 1 aromatic carbocycles. The van der Waals surface area contributed by atoms with Crippen LogP contribution in [0.5, 0.6) is 0 Å². The summed E-state index contributed by atoms with van der Waals surface area (Å²) in [5.74, 6) is -0.813. The molecule has 0 unspecified atom stereocenters. The second kappa shape index (κ2) is 7.49. The van der Waals surface area contributed by atoms with Crippen LogP contribution in [0.1, 0.15) is 19.0 Å². The van der Waals surface area contributed by atoms with Crippen LogP contribution >= 0.6 is 0 Å². The lowest BCUT2D eigenvalue weighted by molar-refractivity contribution is -0.116. The van der Waals surface area contributed by atoms with E-state index in [-0.39, 0.29) is 18.1 Å². The fraction of sp³-hybridized carbons (Fsp3) is 0.357. The number of nitrogens with zero attached hydrogens (tertiary/aromatic N) is 3. The lowest BCUT2D eigenvalue weighted by atomic mass is 10.3. The number of nitrogens with one attached hydrogen (secondary N) is 2. The van der Waals surface area contributed by atoms with Gasteiger partial charge in [0.05, 0.1) is 17.6 Å². The van der Waals surface area contributed by atoms with Gasteiger partial charge < -0.3 is 10.6 Å². The van der Waals surface area contributed by atoms with Crippen molar-refractivity contribution in [3.8, 4) is 0 Å². The van der Waals surface area contributed by atoms with E-state index < -0.39 is 5.82 Å². The van der Waals surface area contributed by atoms with Gasteiger partial charge in [-0.3, -0.25) is 4.79 Å². The van der Waals surface area contributed by atoms with E-state index in [4.69, 9.17) is 0 Å². The van der Waals surface area contributed by atoms with Gasteiger partial charge in [0, 0.05) is 6.54 Å². The molecule has 0 bridgehead atoms. The summed E-state index contributed by atoms with van der Waals surface area (Å²) < 4.78 is 14.8. The van der Waals surface area contributed by atoms with E-state index in [1.807, 2.05) is 0 Å². The van der Waals surface area contributed by atoms with Gasteiger partial charge in [0.1, 0.15) is 12.4 Å². The van der Waals surface area contributed by atoms with Crippen LogP contribution in [0.3, 0.4) is 0 Å². The van der Waals surface area contributed by atoms with Crippen LogP contribution in [-0.2, 0) is 17.9 Å². The molecule has 2 rings (SSSR count). The molecule has 0 aliphatic rings. The van der Waals surface area contributed by atoms with E-state index in [9.17, 15) is 9.18 Å². The third-order valence-corrected chi connectivity index (χ3v) is 2.77. The molecule has 0 aliphatic carbocycles. The first kappa shape index (κ1) is 15.1. The summed E-state index contributed by atoms with van der Waals surface area (Å²) in [6.07, 6.45) is 2.74. The van der Waals surface area contributed by atoms with Crippen molar-refractivity contribution in [2.45, 2.75) is 26.4 Å². The molecule has 112 valence electrons. The Kier molecular flexibility index (Phi) is 5.39. The maximum absolute atomic E-state index is 13.4. The normalized spacial score (nSPS) is 10.6. The maximum Gasteiger partial charge on any atom is 0.246 e. The number of benzene rings is 1. The van der Waals surface area contributed by atoms with Crippen molar-refractivity contribution in [2.75, 3.05) is 11.9 Å². The molecule has 0 radical (unpaired) electrons. The molecule has 7 heteroatoms. The molecule has 0 aliphatic heterocycles. The monoisotopic (exact) mass is 291 g/mol. The van der Waals surface area contributed by atoms with E-state index in [0.29, 0.717) is 6.54 Å². The van der Waals surface area contributed by atoms with Gasteiger partial charge in [-0.1, -0.05) is 24.3 Å². The first-order chi connectivity index (χ1) is 10.2. The van der Waals surface area contributed by atoms with E-state index in [1.165, 1.54) is 16.8 Å². The third-order valence-electron chi connectivity index (χ3n) is 2.77. The second-order valence-corrected chi connectivity index (χ2v) is 4.61. The Balaban J connectivity index is 1.87. The van der Waals surface area contributed by atoms with E-state index in [0.717, 1.165) is 18.7 Å². The Labute approximate surface area is 122 Å². The van der Waals surface area contributed by atoms with Gasteiger partial charge in [0.2, 0.25) is 5.91 Å². The summed E-state index contributed by atoms with van der Waals surface area (Å²) in [6, 6.07) is 6.03. The molecular formula is C14H18FN5O. The average Bonchev–Trinajstić information content (AvgIpc) is 2.89. The molecule has 0 spiro atoms. The van der Waals surface area contributed by atoms with Crippen molar-refractivity contribution >= 4 is 11.6 Å². The van der Waals surface area contributed by atoms with Gasteiger partial charge in [0.25, 0.3) is 0 Å². The number of halogens is 1. The molecular weight excluding hydrogens is 273 g/mol. The summed E-state index contributed by atoms with van der Waals surface area (Å²) in [5.41, 5.74) is 0.926. The molecule has 0 saturated heterocycles. The number of anilines is 1. The van der Waals surface area contributed by atoms with Crippen molar-refractivity contribution in [1.82, 2.24) is 20.3 Å². The summed E-state index contributed by atoms with van der Waals surface area (Å²) in [5, 5.41) is 13.5. The molecule has 21 heavy (non-hydrogen) atoms. The highest BCUT2D eigenvalue weighted by Gasteiger charge is 2.08. The van der Waals surface area contributed by atoms with Crippen LogP contribution in [0.15, 0.2) is 30.5 Å². The zero-order valence-corrected chi connectivity index (χ0v) is 11.8. The van der Waals surface area contributed by atoms with Crippen LogP contribution in [0.4, 0.5) is 10.1 Å². The highest BCUT2D eigenvalue weighted by Crippen LogP contribution is 2.12. The fourth-order valence-corrected chi connectivity index (χ4v) is 1.79. The molecule has 1 amide bonds. The Morgan fingerprint density at radius 1 is 1.38 bits per heavy atom. The third kappa shape index (κ3) is 4.64. The predicted molar refractivity (Wildman–Crippen MR) is 77.0 cm³/mol. The minimum absolute atomic E-state index is 0.00485. The second-order valence-electron chi connectivity index (χ2n) is 4.61. The van der Waals surface area contributed by atoms with Crippen molar-refractivity contribution < 1.29 is 9.18 Å². The van der Waals surface area contributed by atoms with Crippen LogP contribution in [-0.4, -0.2) is 27.4 Å². The van der Waals surface area contributed by atoms with E-state index in [1.54, 1.807) is 18.3 Å². The minimum Gasteiger partial charge on any atom is -0.322 e. The summed E-state index contributed by atoms with van der Waals surface area (Å²) in [7, 11) is 0. The standard InChI is InChI=1S/C14H18FN5O/c1-2-7-16-8-11-9-20(19-18-11)10-14(21)17-13-6-4-3-5-12(13)15/h3-6,9,16H,2,7-8,10H2,1H3,(H,17,21). The highest BCUT2D eigenvalue weighted by molar-refractivity contribution is 5.90. The van der Waals surface area contributed by atoms with Crippen LogP contribution < -0.4 is 10.6 Å². The number of aromatic nitrogens is 3. The summed E-state index contributed by atoms with van der Waals surface area (Å²) in [6.45, 7) is 3.59. The SMILES string of the molecule is CCCNCc1cn(CC(=O)Nc2ccccc2F)nn1. The van der Waals surface area contributed by atoms with Crippen molar-refractivity contribution in [3.63, 3.8) is 0 Å². The van der Waals surface area contributed by atoms with Crippen molar-refractivity contribution in [2.24, 2.45) is 0 Å². The minimum atomic E-state index is -0.464. The quantitative estimate of drug-likeness (QED) is 0.759. The fourth-order valence-electron chi connectivity index (χ4n) is 1.79. The zero-order valence-electron chi connectivity index (χ0n) is 11.8. The number of hydrogen-bond donors (Lipinski definition) is 2. The Bertz CT molecular complexity index is 599. The Hall–Kier alpha value is -2.28. The Morgan fingerprint density at radius 2 is 2.19 bits per heavy atom. The van der Waals surface area contributed by atoms with Crippen LogP contribution in [0, 0.1) is 5.82 Å². The number of amides is 1. The first-order valence-corrected chi connectivity index (χ1v) is 6.83. The number of carbonyl (C=O) groups is 1. The Morgan fingerprint density at radius 3 is 2.95 bits per heavy atom. The smallest absolute Gasteiger partial charge is 0.246 e. The first-order valence-electron chi connectivity index (χ1n) is 6.83. The van der Waals surface area contributed by atoms with Gasteiger partial charge in [0.15, 0.2) is 0 Å². The largest absolute Gasteiger partial charge is 0.322 e. The molecule has 0 fully saturated rings. The molecule has 6 nitrogen and oxygen atoms in total. The number of carbonyl (C=O) groups excluding carboxylic acids is 1. The van der Waals surface area contributed by atoms with Crippen LogP contribution in [0.2, 0.25) is 0 Å². The van der Waals surface area contributed by atoms with Gasteiger partial charge in [-0.15, -0.1) is 5.10 Å². The van der Waals surface area contributed by atoms with Gasteiger partial charge in [-0.25, -0.2) is 9.07 Å². The number of hydrogen-bond acceptors (Lipinski definition) is 4. The lowest BCUT2D eigenvalue weighted by Crippen LogP contribution is -2.19. The average molecular weight is 291 g/mol. The van der Waals surface area contributed by atoms with Gasteiger partial charge >= 0.3 is 0 Å². The van der Waals surface area contributed by atoms with E-state index >= 15 is 0 Å². The molecule has 0 atom stereocenters. The topological polar surface area (TPSA) is 71.8 Å². The highest BCUT2D eigenvalue weighted by atomic mass is 19.1. The maximum atomic E-state index is 13.4. The van der Waals surface area contributed by atoms with Gasteiger partial charge in [-0.05, 0) is 25.1 Å². The van der Waals surface area contributed by atoms with Crippen molar-refractivity contribution in [1.29, 1.82) is 0 Å². The van der Waals surface area contributed by atoms with Gasteiger partial charge in [-0.2, -0.15) is 0 Å². The summed E-state index contributed by atoms with van der Waals surface area (Å²) >= 11 is 0. The molecule has 2 aromatic rings. The summed E-state index contributed by atoms with van der Waals surface area (Å²) in [4.78, 5) is 11.8. The van der Waals surface area contributed by atoms with Crippen molar-refractivity contribution in [3.05, 3.63) is 42.0 Å². The van der Waals surface area contributed by atoms with Crippen LogP contribution in [0.25, 0.3) is 0 Å². The molecule has 1 aromatic heterocycles. The lowest BCUT2D eigenvalue weighted by Gasteiger charge is -2.05. The zero-order chi connectivity index (χ0) is 15.1. The number of rotatable bonds is 7. The number of para-hydroxylation sites is 1. The predicted octanol–water partition coefficient (Wildman–Crippen LogP) is 1.56. The van der Waals surface area contributed by atoms with E-state index in [2.05, 4.69) is 27.9 Å².